The first-order valence-corrected chi connectivity index (χ1v) is 3.84. The van der Waals surface area contributed by atoms with E-state index in [1.54, 1.807) is 0 Å². The highest BCUT2D eigenvalue weighted by molar-refractivity contribution is 9.10. The van der Waals surface area contributed by atoms with E-state index in [0.717, 1.165) is 5.33 Å². The quantitative estimate of drug-likeness (QED) is 0.620. The molecule has 1 unspecified atom stereocenters. The Hall–Kier alpha value is 0.960. The first-order chi connectivity index (χ1) is 2.77. The molecule has 0 aliphatic heterocycles. The molecular weight excluding hydrogens is 208 g/mol. The summed E-state index contributed by atoms with van der Waals surface area (Å²) in [5, 5.41) is 0.972. The Balaban J connectivity index is 2.63. The van der Waals surface area contributed by atoms with E-state index in [2.05, 4.69) is 45.2 Å². The molecule has 0 rings (SSSR count). The number of alkyl halides is 2. The van der Waals surface area contributed by atoms with E-state index >= 15 is 0 Å². The summed E-state index contributed by atoms with van der Waals surface area (Å²) >= 11 is 6.61. The molecule has 1 radical (unpaired) electrons. The summed E-state index contributed by atoms with van der Waals surface area (Å²) in [6.45, 7) is 2.08. The zero-order chi connectivity index (χ0) is 4.99. The van der Waals surface area contributed by atoms with E-state index in [1.165, 1.54) is 0 Å². The van der Waals surface area contributed by atoms with Crippen molar-refractivity contribution >= 4 is 31.9 Å². The van der Waals surface area contributed by atoms with Gasteiger partial charge in [0.1, 0.15) is 0 Å². The second-order valence-corrected chi connectivity index (χ2v) is 3.16. The fourth-order valence-corrected chi connectivity index (χ4v) is 1.37. The van der Waals surface area contributed by atoms with E-state index in [0.29, 0.717) is 4.83 Å². The average Bonchev–Trinajstić information content (AvgIpc) is 1.35. The van der Waals surface area contributed by atoms with Crippen molar-refractivity contribution in [3.8, 4) is 0 Å². The molecule has 0 saturated carbocycles. The molecule has 0 aliphatic carbocycles. The summed E-state index contributed by atoms with van der Waals surface area (Å²) in [6.07, 6.45) is 2.12. The standard InChI is InChI=1S/C4H7Br2/c1-4(6)2-3-5/h2,4H,3H2,1H3. The Labute approximate surface area is 55.6 Å². The van der Waals surface area contributed by atoms with Crippen LogP contribution in [0.1, 0.15) is 6.92 Å². The van der Waals surface area contributed by atoms with Crippen LogP contribution in [0.15, 0.2) is 0 Å². The van der Waals surface area contributed by atoms with Crippen molar-refractivity contribution in [2.75, 3.05) is 5.33 Å². The van der Waals surface area contributed by atoms with Crippen LogP contribution < -0.4 is 0 Å². The largest absolute Gasteiger partial charge is 0.0925 e. The molecule has 0 nitrogen and oxygen atoms in total. The predicted octanol–water partition coefficient (Wildman–Crippen LogP) is 2.37. The highest BCUT2D eigenvalue weighted by atomic mass is 79.9. The summed E-state index contributed by atoms with van der Waals surface area (Å²) in [4.78, 5) is 0.539. The molecule has 0 aromatic carbocycles. The number of hydrogen-bond donors (Lipinski definition) is 0. The number of hydrogen-bond acceptors (Lipinski definition) is 0. The van der Waals surface area contributed by atoms with Gasteiger partial charge in [-0.05, 0) is 6.42 Å². The molecule has 0 aromatic heterocycles. The van der Waals surface area contributed by atoms with E-state index in [1.807, 2.05) is 0 Å². The molecular formula is C4H7Br2. The van der Waals surface area contributed by atoms with Gasteiger partial charge in [0.2, 0.25) is 0 Å². The predicted molar refractivity (Wildman–Crippen MR) is 36.5 cm³/mol. The van der Waals surface area contributed by atoms with E-state index in [9.17, 15) is 0 Å². The SMILES string of the molecule is CC(Br)[CH]CBr. The minimum absolute atomic E-state index is 0.539. The highest BCUT2D eigenvalue weighted by Gasteiger charge is 1.89. The van der Waals surface area contributed by atoms with Gasteiger partial charge in [-0.25, -0.2) is 0 Å². The third kappa shape index (κ3) is 4.96. The van der Waals surface area contributed by atoms with Gasteiger partial charge >= 0.3 is 0 Å². The fraction of sp³-hybridized carbons (Fsp3) is 0.750. The maximum atomic E-state index is 3.35. The average molecular weight is 215 g/mol. The van der Waals surface area contributed by atoms with Crippen LogP contribution in [0.5, 0.6) is 0 Å². The maximum Gasteiger partial charge on any atom is 0.0157 e. The van der Waals surface area contributed by atoms with Gasteiger partial charge in [0, 0.05) is 10.2 Å². The molecule has 0 fully saturated rings. The van der Waals surface area contributed by atoms with Crippen LogP contribution >= 0.6 is 31.9 Å². The van der Waals surface area contributed by atoms with Crippen LogP contribution in [0.3, 0.4) is 0 Å². The molecule has 0 aliphatic rings. The monoisotopic (exact) mass is 213 g/mol. The van der Waals surface area contributed by atoms with Gasteiger partial charge in [-0.15, -0.1) is 0 Å². The fourth-order valence-electron chi connectivity index (χ4n) is 0.123. The molecule has 0 saturated heterocycles. The van der Waals surface area contributed by atoms with Crippen LogP contribution in [-0.2, 0) is 0 Å². The zero-order valence-corrected chi connectivity index (χ0v) is 6.79. The molecule has 0 spiro atoms. The lowest BCUT2D eigenvalue weighted by molar-refractivity contribution is 1.15. The normalized spacial score (nSPS) is 14.5. The van der Waals surface area contributed by atoms with Crippen LogP contribution in [0.4, 0.5) is 0 Å². The van der Waals surface area contributed by atoms with Gasteiger partial charge in [0.25, 0.3) is 0 Å². The molecule has 37 valence electrons. The molecule has 1 atom stereocenters. The first kappa shape index (κ1) is 6.96. The van der Waals surface area contributed by atoms with Gasteiger partial charge in [-0.1, -0.05) is 38.8 Å². The van der Waals surface area contributed by atoms with E-state index in [4.69, 9.17) is 0 Å². The van der Waals surface area contributed by atoms with Gasteiger partial charge in [0.15, 0.2) is 0 Å². The number of halogens is 2. The topological polar surface area (TPSA) is 0 Å². The summed E-state index contributed by atoms with van der Waals surface area (Å²) in [6, 6.07) is 0. The van der Waals surface area contributed by atoms with Gasteiger partial charge in [-0.2, -0.15) is 0 Å². The number of rotatable bonds is 2. The lowest BCUT2D eigenvalue weighted by Crippen LogP contribution is -1.89. The van der Waals surface area contributed by atoms with E-state index in [-0.39, 0.29) is 0 Å². The molecule has 6 heavy (non-hydrogen) atoms. The van der Waals surface area contributed by atoms with Crippen molar-refractivity contribution < 1.29 is 0 Å². The molecule has 2 heteroatoms. The van der Waals surface area contributed by atoms with Crippen LogP contribution in [0, 0.1) is 6.42 Å². The highest BCUT2D eigenvalue weighted by Crippen LogP contribution is 2.02. The van der Waals surface area contributed by atoms with Crippen molar-refractivity contribution in [1.29, 1.82) is 0 Å². The maximum absolute atomic E-state index is 3.35. The Morgan fingerprint density at radius 2 is 2.33 bits per heavy atom. The van der Waals surface area contributed by atoms with Gasteiger partial charge < -0.3 is 0 Å². The van der Waals surface area contributed by atoms with Crippen molar-refractivity contribution in [2.24, 2.45) is 0 Å². The minimum Gasteiger partial charge on any atom is -0.0925 e. The Morgan fingerprint density at radius 3 is 2.33 bits per heavy atom. The van der Waals surface area contributed by atoms with E-state index < -0.39 is 0 Å². The first-order valence-electron chi connectivity index (χ1n) is 1.80. The molecule has 0 heterocycles. The lowest BCUT2D eigenvalue weighted by Gasteiger charge is -1.92. The zero-order valence-electron chi connectivity index (χ0n) is 3.62. The molecule has 0 N–H and O–H groups in total. The minimum atomic E-state index is 0.539. The summed E-state index contributed by atoms with van der Waals surface area (Å²) in [7, 11) is 0. The molecule has 0 bridgehead atoms. The Morgan fingerprint density at radius 1 is 1.83 bits per heavy atom. The molecule has 0 amide bonds. The summed E-state index contributed by atoms with van der Waals surface area (Å²) < 4.78 is 0. The van der Waals surface area contributed by atoms with Crippen molar-refractivity contribution in [2.45, 2.75) is 11.8 Å². The summed E-state index contributed by atoms with van der Waals surface area (Å²) in [5.41, 5.74) is 0. The second-order valence-electron chi connectivity index (χ2n) is 1.07. The van der Waals surface area contributed by atoms with Crippen molar-refractivity contribution in [3.05, 3.63) is 6.42 Å². The lowest BCUT2D eigenvalue weighted by atomic mass is 10.4. The Bertz CT molecular complexity index is 26.7. The smallest absolute Gasteiger partial charge is 0.0157 e. The second kappa shape index (κ2) is 4.13. The van der Waals surface area contributed by atoms with Crippen LogP contribution in [0.25, 0.3) is 0 Å². The van der Waals surface area contributed by atoms with Gasteiger partial charge in [-0.3, -0.25) is 0 Å². The Kier molecular flexibility index (Phi) is 4.79. The van der Waals surface area contributed by atoms with Crippen molar-refractivity contribution in [1.82, 2.24) is 0 Å². The van der Waals surface area contributed by atoms with Crippen LogP contribution in [0.2, 0.25) is 0 Å². The molecule has 0 aromatic rings. The third-order valence-electron chi connectivity index (χ3n) is 0.414. The van der Waals surface area contributed by atoms with Crippen molar-refractivity contribution in [3.63, 3.8) is 0 Å². The third-order valence-corrected chi connectivity index (χ3v) is 1.16. The van der Waals surface area contributed by atoms with Gasteiger partial charge in [0.05, 0.1) is 0 Å². The summed E-state index contributed by atoms with van der Waals surface area (Å²) in [5.74, 6) is 0. The van der Waals surface area contributed by atoms with Crippen LogP contribution in [-0.4, -0.2) is 10.2 Å².